The maximum absolute atomic E-state index is 12.1. The molecule has 0 saturated heterocycles. The number of carbonyl (C=O) groups excluding carboxylic acids is 1. The Bertz CT molecular complexity index is 1100. The molecule has 0 aliphatic rings. The number of aromatic nitrogens is 3. The summed E-state index contributed by atoms with van der Waals surface area (Å²) < 4.78 is 6.60. The van der Waals surface area contributed by atoms with Gasteiger partial charge in [-0.3, -0.25) is 0 Å². The van der Waals surface area contributed by atoms with Gasteiger partial charge in [0.2, 0.25) is 0 Å². The van der Waals surface area contributed by atoms with E-state index in [1.54, 1.807) is 6.08 Å². The Morgan fingerprint density at radius 2 is 1.97 bits per heavy atom. The number of nitrogens with zero attached hydrogens (tertiary/aromatic N) is 4. The molecule has 0 aliphatic carbocycles. The van der Waals surface area contributed by atoms with Crippen LogP contribution in [0.5, 0.6) is 0 Å². The summed E-state index contributed by atoms with van der Waals surface area (Å²) in [7, 11) is -1.69. The quantitative estimate of drug-likeness (QED) is 0.321. The Kier molecular flexibility index (Phi) is 8.76. The van der Waals surface area contributed by atoms with Crippen LogP contribution in [0.3, 0.4) is 0 Å². The molecule has 168 valence electrons. The molecular formula is C23H24BN5O4. The number of nitrogens with one attached hydrogen (secondary N) is 1. The van der Waals surface area contributed by atoms with E-state index in [1.807, 2.05) is 54.6 Å². The van der Waals surface area contributed by atoms with E-state index in [1.165, 1.54) is 17.3 Å². The topological polar surface area (TPSA) is 133 Å². The highest BCUT2D eigenvalue weighted by atomic mass is 16.5. The summed E-state index contributed by atoms with van der Waals surface area (Å²) in [5, 5.41) is 35.0. The fourth-order valence-electron chi connectivity index (χ4n) is 3.20. The number of nitriles is 1. The Morgan fingerprint density at radius 3 is 2.67 bits per heavy atom. The third-order valence-corrected chi connectivity index (χ3v) is 4.91. The summed E-state index contributed by atoms with van der Waals surface area (Å²) in [5.41, 5.74) is 3.07. The van der Waals surface area contributed by atoms with Crippen molar-refractivity contribution in [1.82, 2.24) is 20.1 Å². The van der Waals surface area contributed by atoms with Crippen LogP contribution in [-0.2, 0) is 17.6 Å². The lowest BCUT2D eigenvalue weighted by molar-refractivity contribution is 0.144. The minimum absolute atomic E-state index is 0.111. The summed E-state index contributed by atoms with van der Waals surface area (Å²) in [6.07, 6.45) is 5.17. The van der Waals surface area contributed by atoms with Crippen molar-refractivity contribution in [3.05, 3.63) is 83.9 Å². The van der Waals surface area contributed by atoms with Crippen LogP contribution in [-0.4, -0.2) is 50.6 Å². The zero-order chi connectivity index (χ0) is 23.5. The highest BCUT2D eigenvalue weighted by Crippen LogP contribution is 2.13. The zero-order valence-electron chi connectivity index (χ0n) is 17.9. The number of benzene rings is 2. The van der Waals surface area contributed by atoms with E-state index < -0.39 is 19.2 Å². The van der Waals surface area contributed by atoms with Crippen LogP contribution >= 0.6 is 0 Å². The second kappa shape index (κ2) is 12.2. The Labute approximate surface area is 192 Å². The van der Waals surface area contributed by atoms with E-state index in [4.69, 9.17) is 4.74 Å². The van der Waals surface area contributed by atoms with Gasteiger partial charge in [-0.2, -0.15) is 10.4 Å². The molecule has 0 aliphatic heterocycles. The van der Waals surface area contributed by atoms with Crippen LogP contribution in [0.2, 0.25) is 0 Å². The first-order valence-corrected chi connectivity index (χ1v) is 10.4. The summed E-state index contributed by atoms with van der Waals surface area (Å²) >= 11 is 0. The number of carbonyl (C=O) groups is 1. The average molecular weight is 445 g/mol. The minimum atomic E-state index is -1.69. The van der Waals surface area contributed by atoms with Crippen molar-refractivity contribution >= 4 is 25.0 Å². The molecule has 0 unspecified atom stereocenters. The van der Waals surface area contributed by atoms with Gasteiger partial charge in [0.05, 0.1) is 12.5 Å². The summed E-state index contributed by atoms with van der Waals surface area (Å²) in [6, 6.07) is 19.1. The van der Waals surface area contributed by atoms with E-state index in [9.17, 15) is 20.1 Å². The fraction of sp³-hybridized carbons (Fsp3) is 0.217. The maximum Gasteiger partial charge on any atom is 0.475 e. The second-order valence-corrected chi connectivity index (χ2v) is 7.30. The Balaban J connectivity index is 1.49. The van der Waals surface area contributed by atoms with E-state index in [2.05, 4.69) is 21.5 Å². The van der Waals surface area contributed by atoms with Gasteiger partial charge in [0.1, 0.15) is 24.4 Å². The molecule has 3 rings (SSSR count). The van der Waals surface area contributed by atoms with Crippen molar-refractivity contribution in [3.63, 3.8) is 0 Å². The first-order valence-electron chi connectivity index (χ1n) is 10.4. The first kappa shape index (κ1) is 23.7. The lowest BCUT2D eigenvalue weighted by atomic mass is 9.76. The molecule has 0 fully saturated rings. The van der Waals surface area contributed by atoms with Crippen molar-refractivity contribution in [3.8, 4) is 6.07 Å². The molecule has 1 heterocycles. The van der Waals surface area contributed by atoms with Crippen LogP contribution in [0.15, 0.2) is 67.3 Å². The van der Waals surface area contributed by atoms with Crippen molar-refractivity contribution < 1.29 is 19.6 Å². The smallest absolute Gasteiger partial charge is 0.449 e. The molecule has 0 saturated carbocycles. The molecule has 0 radical (unpaired) electrons. The van der Waals surface area contributed by atoms with E-state index in [0.717, 1.165) is 16.7 Å². The fourth-order valence-corrected chi connectivity index (χ4v) is 3.20. The lowest BCUT2D eigenvalue weighted by Gasteiger charge is -2.17. The normalized spacial score (nSPS) is 12.0. The van der Waals surface area contributed by atoms with Crippen molar-refractivity contribution in [2.45, 2.75) is 25.2 Å². The molecular weight excluding hydrogens is 421 g/mol. The maximum atomic E-state index is 12.1. The standard InChI is InChI=1S/C23H24BN5O4/c25-15-21(29-17-26-16-27-29)14-20-8-4-7-19(13-20)11-12-33-23(30)28-22(24(31)32)10-9-18-5-2-1-3-6-18/h1-8,13-14,16-17,22,31-32H,9-12H2,(H,28,30)/t22-/m0/s1. The number of allylic oxidation sites excluding steroid dienone is 1. The minimum Gasteiger partial charge on any atom is -0.449 e. The number of amides is 1. The van der Waals surface area contributed by atoms with Gasteiger partial charge in [-0.05, 0) is 35.6 Å². The van der Waals surface area contributed by atoms with E-state index in [-0.39, 0.29) is 6.61 Å². The number of ether oxygens (including phenoxy) is 1. The highest BCUT2D eigenvalue weighted by molar-refractivity contribution is 6.43. The Morgan fingerprint density at radius 1 is 1.18 bits per heavy atom. The van der Waals surface area contributed by atoms with Gasteiger partial charge in [0.15, 0.2) is 0 Å². The largest absolute Gasteiger partial charge is 0.475 e. The predicted octanol–water partition coefficient (Wildman–Crippen LogP) is 2.08. The SMILES string of the molecule is N#CC(=Cc1cccc(CCOC(=O)N[C@@H](CCc2ccccc2)B(O)O)c1)n1cncn1. The van der Waals surface area contributed by atoms with Crippen molar-refractivity contribution in [2.75, 3.05) is 6.61 Å². The van der Waals surface area contributed by atoms with Crippen LogP contribution < -0.4 is 5.32 Å². The van der Waals surface area contributed by atoms with Gasteiger partial charge in [0.25, 0.3) is 0 Å². The monoisotopic (exact) mass is 445 g/mol. The third kappa shape index (κ3) is 7.61. The summed E-state index contributed by atoms with van der Waals surface area (Å²) in [4.78, 5) is 16.0. The number of hydrogen-bond acceptors (Lipinski definition) is 7. The molecule has 10 heteroatoms. The van der Waals surface area contributed by atoms with Crippen molar-refractivity contribution in [1.29, 1.82) is 5.26 Å². The van der Waals surface area contributed by atoms with Gasteiger partial charge in [-0.15, -0.1) is 0 Å². The first-order chi connectivity index (χ1) is 16.0. The summed E-state index contributed by atoms with van der Waals surface area (Å²) in [5.74, 6) is -0.840. The van der Waals surface area contributed by atoms with Crippen LogP contribution in [0, 0.1) is 11.3 Å². The third-order valence-electron chi connectivity index (χ3n) is 4.91. The van der Waals surface area contributed by atoms with Gasteiger partial charge in [0, 0.05) is 6.42 Å². The van der Waals surface area contributed by atoms with Gasteiger partial charge in [-0.25, -0.2) is 14.5 Å². The van der Waals surface area contributed by atoms with Crippen LogP contribution in [0.1, 0.15) is 23.1 Å². The van der Waals surface area contributed by atoms with Crippen molar-refractivity contribution in [2.24, 2.45) is 0 Å². The molecule has 1 atom stereocenters. The molecule has 33 heavy (non-hydrogen) atoms. The predicted molar refractivity (Wildman–Crippen MR) is 123 cm³/mol. The molecule has 1 amide bonds. The number of rotatable bonds is 10. The van der Waals surface area contributed by atoms with Crippen LogP contribution in [0.4, 0.5) is 4.79 Å². The average Bonchev–Trinajstić information content (AvgIpc) is 3.36. The Hall–Kier alpha value is -3.94. The molecule has 3 aromatic rings. The molecule has 3 N–H and O–H groups in total. The van der Waals surface area contributed by atoms with Gasteiger partial charge in [-0.1, -0.05) is 54.6 Å². The number of aryl methyl sites for hydroxylation is 1. The van der Waals surface area contributed by atoms with Gasteiger partial charge >= 0.3 is 13.2 Å². The molecule has 0 spiro atoms. The van der Waals surface area contributed by atoms with Crippen LogP contribution in [0.25, 0.3) is 11.8 Å². The highest BCUT2D eigenvalue weighted by Gasteiger charge is 2.25. The molecule has 2 aromatic carbocycles. The molecule has 1 aromatic heterocycles. The molecule has 0 bridgehead atoms. The van der Waals surface area contributed by atoms with E-state index in [0.29, 0.717) is 25.0 Å². The number of alkyl carbamates (subject to hydrolysis) is 1. The second-order valence-electron chi connectivity index (χ2n) is 7.30. The number of hydrogen-bond donors (Lipinski definition) is 3. The molecule has 9 nitrogen and oxygen atoms in total. The zero-order valence-corrected chi connectivity index (χ0v) is 17.9. The summed E-state index contributed by atoms with van der Waals surface area (Å²) in [6.45, 7) is 0.111. The van der Waals surface area contributed by atoms with E-state index >= 15 is 0 Å². The lowest BCUT2D eigenvalue weighted by Crippen LogP contribution is -2.47. The van der Waals surface area contributed by atoms with Gasteiger partial charge < -0.3 is 20.1 Å².